The van der Waals surface area contributed by atoms with Crippen molar-refractivity contribution in [1.29, 1.82) is 0 Å². The summed E-state index contributed by atoms with van der Waals surface area (Å²) >= 11 is 0. The molecule has 0 saturated carbocycles. The van der Waals surface area contributed by atoms with Gasteiger partial charge in [-0.15, -0.1) is 0 Å². The second kappa shape index (κ2) is 9.54. The number of nitrogens with one attached hydrogen (secondary N) is 1. The Morgan fingerprint density at radius 3 is 2.52 bits per heavy atom. The van der Waals surface area contributed by atoms with Gasteiger partial charge in [0.15, 0.2) is 6.10 Å². The van der Waals surface area contributed by atoms with Crippen LogP contribution < -0.4 is 15.0 Å². The van der Waals surface area contributed by atoms with E-state index in [9.17, 15) is 19.7 Å². The molecule has 29 heavy (non-hydrogen) atoms. The van der Waals surface area contributed by atoms with Gasteiger partial charge in [0.1, 0.15) is 11.4 Å². The van der Waals surface area contributed by atoms with Gasteiger partial charge in [0.2, 0.25) is 0 Å². The molecule has 2 rings (SSSR count). The van der Waals surface area contributed by atoms with Crippen molar-refractivity contribution < 1.29 is 24.0 Å². The fourth-order valence-electron chi connectivity index (χ4n) is 2.54. The molecule has 0 bridgehead atoms. The van der Waals surface area contributed by atoms with Crippen molar-refractivity contribution in [2.24, 2.45) is 0 Å². The number of benzene rings is 2. The summed E-state index contributed by atoms with van der Waals surface area (Å²) in [5, 5.41) is 13.9. The molecule has 0 fully saturated rings. The molecule has 1 amide bonds. The first-order valence-corrected chi connectivity index (χ1v) is 8.94. The average molecular weight is 401 g/mol. The molecule has 0 unspecified atom stereocenters. The topological polar surface area (TPSA) is 111 Å². The molecule has 0 radical (unpaired) electrons. The number of carbonyl (C=O) groups excluding carboxylic acids is 2. The standard InChI is InChI=1S/C20H23N3O6/c1-5-28-18-9-7-6-8-15(18)21-19(24)13(2)29-20(25)14-10-11-16(22(3)4)17(12-14)23(26)27/h6-13H,5H2,1-4H3,(H,21,24)/t13-/m0/s1. The number of nitro benzene ring substituents is 1. The number of nitro groups is 1. The van der Waals surface area contributed by atoms with E-state index in [-0.39, 0.29) is 11.3 Å². The van der Waals surface area contributed by atoms with E-state index >= 15 is 0 Å². The van der Waals surface area contributed by atoms with Crippen LogP contribution in [-0.4, -0.2) is 43.6 Å². The number of rotatable bonds is 8. The molecule has 0 heterocycles. The molecule has 1 N–H and O–H groups in total. The molecule has 0 saturated heterocycles. The Hall–Kier alpha value is -3.62. The van der Waals surface area contributed by atoms with Gasteiger partial charge in [-0.05, 0) is 38.1 Å². The first-order chi connectivity index (χ1) is 13.7. The SMILES string of the molecule is CCOc1ccccc1NC(=O)[C@H](C)OC(=O)c1ccc(N(C)C)c([N+](=O)[O-])c1. The molecular weight excluding hydrogens is 378 g/mol. The van der Waals surface area contributed by atoms with Crippen LogP contribution in [0, 0.1) is 10.1 Å². The second-order valence-corrected chi connectivity index (χ2v) is 6.32. The van der Waals surface area contributed by atoms with Crippen LogP contribution in [0.3, 0.4) is 0 Å². The van der Waals surface area contributed by atoms with E-state index in [1.165, 1.54) is 19.1 Å². The van der Waals surface area contributed by atoms with Gasteiger partial charge >= 0.3 is 5.97 Å². The highest BCUT2D eigenvalue weighted by molar-refractivity contribution is 5.98. The third-order valence-corrected chi connectivity index (χ3v) is 3.99. The van der Waals surface area contributed by atoms with Gasteiger partial charge in [-0.2, -0.15) is 0 Å². The Morgan fingerprint density at radius 2 is 1.90 bits per heavy atom. The molecule has 0 aliphatic carbocycles. The van der Waals surface area contributed by atoms with Crippen LogP contribution in [-0.2, 0) is 9.53 Å². The fraction of sp³-hybridized carbons (Fsp3) is 0.300. The summed E-state index contributed by atoms with van der Waals surface area (Å²) in [6, 6.07) is 10.9. The molecule has 0 aliphatic rings. The number of hydrogen-bond donors (Lipinski definition) is 1. The minimum atomic E-state index is -1.12. The number of carbonyl (C=O) groups is 2. The Labute approximate surface area is 168 Å². The predicted octanol–water partition coefficient (Wildman–Crippen LogP) is 3.24. The highest BCUT2D eigenvalue weighted by atomic mass is 16.6. The normalized spacial score (nSPS) is 11.3. The third-order valence-electron chi connectivity index (χ3n) is 3.99. The summed E-state index contributed by atoms with van der Waals surface area (Å²) in [5.74, 6) is -0.888. The molecule has 9 heteroatoms. The molecule has 0 aromatic heterocycles. The number of anilines is 2. The van der Waals surface area contributed by atoms with E-state index in [1.807, 2.05) is 6.92 Å². The quantitative estimate of drug-likeness (QED) is 0.411. The Morgan fingerprint density at radius 1 is 1.21 bits per heavy atom. The summed E-state index contributed by atoms with van der Waals surface area (Å²) in [7, 11) is 3.32. The van der Waals surface area contributed by atoms with Crippen LogP contribution in [0.5, 0.6) is 5.75 Å². The monoisotopic (exact) mass is 401 g/mol. The summed E-state index contributed by atoms with van der Waals surface area (Å²) in [6.07, 6.45) is -1.12. The van der Waals surface area contributed by atoms with Gasteiger partial charge in [0.05, 0.1) is 22.8 Å². The number of hydrogen-bond acceptors (Lipinski definition) is 7. The summed E-state index contributed by atoms with van der Waals surface area (Å²) in [6.45, 7) is 3.67. The summed E-state index contributed by atoms with van der Waals surface area (Å²) in [5.41, 5.74) is 0.557. The van der Waals surface area contributed by atoms with E-state index < -0.39 is 22.9 Å². The van der Waals surface area contributed by atoms with Crippen LogP contribution in [0.1, 0.15) is 24.2 Å². The largest absolute Gasteiger partial charge is 0.492 e. The number of amides is 1. The lowest BCUT2D eigenvalue weighted by molar-refractivity contribution is -0.384. The number of esters is 1. The summed E-state index contributed by atoms with van der Waals surface area (Å²) in [4.78, 5) is 37.0. The molecule has 0 spiro atoms. The van der Waals surface area contributed by atoms with E-state index in [0.717, 1.165) is 6.07 Å². The minimum absolute atomic E-state index is 0.0170. The Balaban J connectivity index is 2.11. The van der Waals surface area contributed by atoms with Crippen LogP contribution >= 0.6 is 0 Å². The van der Waals surface area contributed by atoms with Crippen molar-refractivity contribution >= 4 is 28.9 Å². The van der Waals surface area contributed by atoms with Crippen molar-refractivity contribution in [1.82, 2.24) is 0 Å². The number of ether oxygens (including phenoxy) is 2. The lowest BCUT2D eigenvalue weighted by Gasteiger charge is -2.16. The van der Waals surface area contributed by atoms with E-state index in [2.05, 4.69) is 5.32 Å². The molecule has 154 valence electrons. The van der Waals surface area contributed by atoms with Gasteiger partial charge in [0, 0.05) is 20.2 Å². The number of para-hydroxylation sites is 2. The van der Waals surface area contributed by atoms with E-state index in [0.29, 0.717) is 23.7 Å². The zero-order chi connectivity index (χ0) is 21.6. The minimum Gasteiger partial charge on any atom is -0.492 e. The molecule has 0 aliphatic heterocycles. The van der Waals surface area contributed by atoms with Crippen molar-refractivity contribution in [3.05, 3.63) is 58.1 Å². The molecule has 1 atom stereocenters. The highest BCUT2D eigenvalue weighted by Crippen LogP contribution is 2.28. The van der Waals surface area contributed by atoms with Crippen LogP contribution in [0.15, 0.2) is 42.5 Å². The first kappa shape index (κ1) is 21.7. The van der Waals surface area contributed by atoms with Gasteiger partial charge in [-0.1, -0.05) is 12.1 Å². The molecule has 9 nitrogen and oxygen atoms in total. The third kappa shape index (κ3) is 5.44. The van der Waals surface area contributed by atoms with E-state index in [4.69, 9.17) is 9.47 Å². The second-order valence-electron chi connectivity index (χ2n) is 6.32. The fourth-order valence-corrected chi connectivity index (χ4v) is 2.54. The van der Waals surface area contributed by atoms with Crippen LogP contribution in [0.4, 0.5) is 17.1 Å². The first-order valence-electron chi connectivity index (χ1n) is 8.94. The zero-order valence-electron chi connectivity index (χ0n) is 16.7. The van der Waals surface area contributed by atoms with Crippen molar-refractivity contribution in [2.75, 3.05) is 30.9 Å². The van der Waals surface area contributed by atoms with Crippen LogP contribution in [0.25, 0.3) is 0 Å². The highest BCUT2D eigenvalue weighted by Gasteiger charge is 2.23. The van der Waals surface area contributed by atoms with Crippen LogP contribution in [0.2, 0.25) is 0 Å². The van der Waals surface area contributed by atoms with Gasteiger partial charge in [-0.3, -0.25) is 14.9 Å². The van der Waals surface area contributed by atoms with Crippen molar-refractivity contribution in [2.45, 2.75) is 20.0 Å². The molecule has 2 aromatic carbocycles. The lowest BCUT2D eigenvalue weighted by Crippen LogP contribution is -2.30. The maximum atomic E-state index is 12.4. The Kier molecular flexibility index (Phi) is 7.13. The summed E-state index contributed by atoms with van der Waals surface area (Å²) < 4.78 is 10.6. The number of nitrogens with zero attached hydrogens (tertiary/aromatic N) is 2. The predicted molar refractivity (Wildman–Crippen MR) is 109 cm³/mol. The van der Waals surface area contributed by atoms with Gasteiger partial charge in [-0.25, -0.2) is 4.79 Å². The van der Waals surface area contributed by atoms with E-state index in [1.54, 1.807) is 43.3 Å². The lowest BCUT2D eigenvalue weighted by atomic mass is 10.1. The molecular formula is C20H23N3O6. The van der Waals surface area contributed by atoms with Crippen molar-refractivity contribution in [3.63, 3.8) is 0 Å². The van der Waals surface area contributed by atoms with Gasteiger partial charge in [0.25, 0.3) is 11.6 Å². The molecule has 2 aromatic rings. The zero-order valence-corrected chi connectivity index (χ0v) is 16.7. The smallest absolute Gasteiger partial charge is 0.339 e. The average Bonchev–Trinajstić information content (AvgIpc) is 2.68. The maximum Gasteiger partial charge on any atom is 0.339 e. The Bertz CT molecular complexity index is 913. The maximum absolute atomic E-state index is 12.4. The van der Waals surface area contributed by atoms with Crippen molar-refractivity contribution in [3.8, 4) is 5.75 Å². The van der Waals surface area contributed by atoms with Gasteiger partial charge < -0.3 is 19.7 Å².